The number of carbonyl (C=O) groups excluding carboxylic acids is 2. The molecule has 0 atom stereocenters. The smallest absolute Gasteiger partial charge is 0.325 e. The third-order valence-corrected chi connectivity index (χ3v) is 4.20. The van der Waals surface area contributed by atoms with Gasteiger partial charge in [0.15, 0.2) is 4.34 Å². The van der Waals surface area contributed by atoms with Gasteiger partial charge in [-0.2, -0.15) is 0 Å². The van der Waals surface area contributed by atoms with Crippen molar-refractivity contribution >= 4 is 45.9 Å². The third-order valence-electron chi connectivity index (χ3n) is 2.25. The van der Waals surface area contributed by atoms with Crippen molar-refractivity contribution in [3.63, 3.8) is 0 Å². The zero-order valence-corrected chi connectivity index (χ0v) is 12.6. The maximum absolute atomic E-state index is 11.7. The molecule has 21 heavy (non-hydrogen) atoms. The molecule has 0 saturated heterocycles. The predicted molar refractivity (Wildman–Crippen MR) is 79.5 cm³/mol. The number of carbonyl (C=O) groups is 2. The lowest BCUT2D eigenvalue weighted by atomic mass is 10.2. The highest BCUT2D eigenvalue weighted by Gasteiger charge is 2.08. The van der Waals surface area contributed by atoms with Crippen LogP contribution >= 0.6 is 23.1 Å². The zero-order chi connectivity index (χ0) is 15.2. The van der Waals surface area contributed by atoms with Gasteiger partial charge in [-0.25, -0.2) is 4.79 Å². The van der Waals surface area contributed by atoms with Gasteiger partial charge in [-0.1, -0.05) is 40.8 Å². The summed E-state index contributed by atoms with van der Waals surface area (Å²) >= 11 is 2.09. The fourth-order valence-electron chi connectivity index (χ4n) is 1.34. The highest BCUT2D eigenvalue weighted by molar-refractivity contribution is 8.01. The SMILES string of the molecule is Cc1ccc(NC(=O)Nc2nnc(SCC(=O)[O-])s2)cc1. The standard InChI is InChI=1S/C12H12N4O3S2/c1-7-2-4-8(5-3-7)13-10(19)14-11-15-16-12(21-11)20-6-9(17)18/h2-5H,6H2,1H3,(H,17,18)(H2,13,14,15,19)/p-1. The second-order valence-corrected chi connectivity index (χ2v) is 6.18. The first kappa shape index (κ1) is 15.3. The fraction of sp³-hybridized carbons (Fsp3) is 0.167. The molecule has 0 unspecified atom stereocenters. The highest BCUT2D eigenvalue weighted by atomic mass is 32.2. The van der Waals surface area contributed by atoms with Crippen LogP contribution in [-0.4, -0.2) is 28.0 Å². The summed E-state index contributed by atoms with van der Waals surface area (Å²) in [5.74, 6) is -1.38. The number of amides is 2. The number of nitrogens with one attached hydrogen (secondary N) is 2. The Bertz CT molecular complexity index is 642. The van der Waals surface area contributed by atoms with Gasteiger partial charge in [-0.15, -0.1) is 10.2 Å². The Morgan fingerprint density at radius 1 is 1.24 bits per heavy atom. The van der Waals surface area contributed by atoms with Gasteiger partial charge < -0.3 is 15.2 Å². The summed E-state index contributed by atoms with van der Waals surface area (Å²) in [5.41, 5.74) is 1.76. The van der Waals surface area contributed by atoms with Crippen LogP contribution in [0.3, 0.4) is 0 Å². The zero-order valence-electron chi connectivity index (χ0n) is 11.0. The topological polar surface area (TPSA) is 107 Å². The second-order valence-electron chi connectivity index (χ2n) is 3.98. The minimum absolute atomic E-state index is 0.204. The van der Waals surface area contributed by atoms with Crippen LogP contribution in [0.4, 0.5) is 15.6 Å². The van der Waals surface area contributed by atoms with Gasteiger partial charge in [0.1, 0.15) is 0 Å². The summed E-state index contributed by atoms with van der Waals surface area (Å²) in [6.07, 6.45) is 0. The molecule has 1 aromatic heterocycles. The number of anilines is 2. The molecule has 7 nitrogen and oxygen atoms in total. The van der Waals surface area contributed by atoms with E-state index >= 15 is 0 Å². The van der Waals surface area contributed by atoms with E-state index in [1.807, 2.05) is 19.1 Å². The summed E-state index contributed by atoms with van der Waals surface area (Å²) in [4.78, 5) is 22.1. The van der Waals surface area contributed by atoms with Crippen molar-refractivity contribution in [2.75, 3.05) is 16.4 Å². The molecule has 0 bridgehead atoms. The second kappa shape index (κ2) is 7.04. The molecule has 1 aromatic carbocycles. The molecule has 110 valence electrons. The maximum Gasteiger partial charge on any atom is 0.325 e. The first-order chi connectivity index (χ1) is 10.0. The lowest BCUT2D eigenvalue weighted by Crippen LogP contribution is -2.24. The van der Waals surface area contributed by atoms with Gasteiger partial charge in [0, 0.05) is 11.4 Å². The number of rotatable bonds is 5. The van der Waals surface area contributed by atoms with Crippen LogP contribution in [0.25, 0.3) is 0 Å². The van der Waals surface area contributed by atoms with Crippen molar-refractivity contribution in [2.45, 2.75) is 11.3 Å². The minimum Gasteiger partial charge on any atom is -0.549 e. The van der Waals surface area contributed by atoms with Crippen LogP contribution in [0, 0.1) is 6.92 Å². The number of aryl methyl sites for hydroxylation is 1. The van der Waals surface area contributed by atoms with Crippen molar-refractivity contribution < 1.29 is 14.7 Å². The van der Waals surface area contributed by atoms with E-state index in [4.69, 9.17) is 0 Å². The molecule has 0 saturated carbocycles. The Kier molecular flexibility index (Phi) is 5.12. The lowest BCUT2D eigenvalue weighted by molar-refractivity contribution is -0.301. The van der Waals surface area contributed by atoms with E-state index in [0.717, 1.165) is 28.7 Å². The van der Waals surface area contributed by atoms with Gasteiger partial charge in [0.05, 0.1) is 5.97 Å². The number of aromatic nitrogens is 2. The van der Waals surface area contributed by atoms with Crippen LogP contribution in [0.2, 0.25) is 0 Å². The van der Waals surface area contributed by atoms with Crippen LogP contribution in [0.15, 0.2) is 28.6 Å². The number of hydrogen-bond donors (Lipinski definition) is 2. The third kappa shape index (κ3) is 5.04. The number of nitrogens with zero attached hydrogens (tertiary/aromatic N) is 2. The molecule has 0 fully saturated rings. The molecule has 0 aliphatic carbocycles. The van der Waals surface area contributed by atoms with E-state index in [9.17, 15) is 14.7 Å². The summed E-state index contributed by atoms with van der Waals surface area (Å²) in [7, 11) is 0. The number of urea groups is 1. The van der Waals surface area contributed by atoms with Crippen LogP contribution in [0.1, 0.15) is 5.56 Å². The lowest BCUT2D eigenvalue weighted by Gasteiger charge is -2.04. The van der Waals surface area contributed by atoms with Crippen LogP contribution in [-0.2, 0) is 4.79 Å². The average Bonchev–Trinajstić information content (AvgIpc) is 2.86. The number of carboxylic acid groups (broad SMARTS) is 1. The van der Waals surface area contributed by atoms with Gasteiger partial charge in [-0.3, -0.25) is 5.32 Å². The largest absolute Gasteiger partial charge is 0.549 e. The molecule has 2 rings (SSSR count). The molecular formula is C12H11N4O3S2-. The number of carboxylic acids is 1. The molecule has 2 aromatic rings. The number of benzene rings is 1. The maximum atomic E-state index is 11.7. The quantitative estimate of drug-likeness (QED) is 0.635. The molecule has 0 radical (unpaired) electrons. The summed E-state index contributed by atoms with van der Waals surface area (Å²) in [6, 6.07) is 6.91. The molecule has 1 heterocycles. The molecule has 0 aliphatic heterocycles. The number of hydrogen-bond acceptors (Lipinski definition) is 7. The summed E-state index contributed by atoms with van der Waals surface area (Å²) in [5, 5.41) is 23.3. The highest BCUT2D eigenvalue weighted by Crippen LogP contribution is 2.25. The van der Waals surface area contributed by atoms with Gasteiger partial charge in [-0.05, 0) is 19.1 Å². The van der Waals surface area contributed by atoms with E-state index < -0.39 is 12.0 Å². The van der Waals surface area contributed by atoms with E-state index in [1.165, 1.54) is 0 Å². The Morgan fingerprint density at radius 2 is 1.95 bits per heavy atom. The molecule has 2 N–H and O–H groups in total. The molecule has 2 amide bonds. The molecule has 0 aliphatic rings. The summed E-state index contributed by atoms with van der Waals surface area (Å²) < 4.78 is 0.449. The Hall–Kier alpha value is -2.13. The van der Waals surface area contributed by atoms with Crippen LogP contribution < -0.4 is 15.7 Å². The van der Waals surface area contributed by atoms with Gasteiger partial charge >= 0.3 is 6.03 Å². The van der Waals surface area contributed by atoms with E-state index in [2.05, 4.69) is 20.8 Å². The van der Waals surface area contributed by atoms with E-state index in [1.54, 1.807) is 12.1 Å². The van der Waals surface area contributed by atoms with Crippen LogP contribution in [0.5, 0.6) is 0 Å². The van der Waals surface area contributed by atoms with Crippen molar-refractivity contribution in [1.29, 1.82) is 0 Å². The van der Waals surface area contributed by atoms with Crippen molar-refractivity contribution in [3.05, 3.63) is 29.8 Å². The monoisotopic (exact) mass is 323 g/mol. The molecule has 0 spiro atoms. The van der Waals surface area contributed by atoms with E-state index in [0.29, 0.717) is 15.2 Å². The number of aliphatic carboxylic acids is 1. The van der Waals surface area contributed by atoms with Gasteiger partial charge in [0.2, 0.25) is 5.13 Å². The predicted octanol–water partition coefficient (Wildman–Crippen LogP) is 1.33. The van der Waals surface area contributed by atoms with Crippen molar-refractivity contribution in [3.8, 4) is 0 Å². The van der Waals surface area contributed by atoms with Crippen molar-refractivity contribution in [1.82, 2.24) is 10.2 Å². The average molecular weight is 323 g/mol. The minimum atomic E-state index is -1.18. The number of thioether (sulfide) groups is 1. The normalized spacial score (nSPS) is 10.1. The first-order valence-corrected chi connectivity index (χ1v) is 7.64. The van der Waals surface area contributed by atoms with Gasteiger partial charge in [0.25, 0.3) is 0 Å². The van der Waals surface area contributed by atoms with E-state index in [-0.39, 0.29) is 5.75 Å². The summed E-state index contributed by atoms with van der Waals surface area (Å²) in [6.45, 7) is 1.96. The molecular weight excluding hydrogens is 312 g/mol. The Balaban J connectivity index is 1.87. The Labute approximate surface area is 128 Å². The Morgan fingerprint density at radius 3 is 2.62 bits per heavy atom. The fourth-order valence-corrected chi connectivity index (χ4v) is 2.80. The van der Waals surface area contributed by atoms with Crippen molar-refractivity contribution in [2.24, 2.45) is 0 Å². The molecule has 9 heteroatoms. The first-order valence-electron chi connectivity index (χ1n) is 5.84.